The van der Waals surface area contributed by atoms with E-state index >= 15 is 0 Å². The van der Waals surface area contributed by atoms with Crippen molar-refractivity contribution in [3.63, 3.8) is 0 Å². The molecule has 0 bridgehead atoms. The van der Waals surface area contributed by atoms with Crippen LogP contribution >= 0.6 is 0 Å². The number of carbonyl (C=O) groups is 2. The minimum Gasteiger partial charge on any atom is -0.481 e. The number of benzene rings is 1. The van der Waals surface area contributed by atoms with Crippen molar-refractivity contribution < 1.29 is 14.7 Å². The van der Waals surface area contributed by atoms with Crippen molar-refractivity contribution in [2.45, 2.75) is 57.5 Å². The van der Waals surface area contributed by atoms with Crippen LogP contribution < -0.4 is 0 Å². The molecule has 4 heteroatoms. The highest BCUT2D eigenvalue weighted by atomic mass is 16.4. The number of rotatable bonds is 3. The molecular weight excluding hydrogens is 278 g/mol. The molecule has 1 aliphatic heterocycles. The summed E-state index contributed by atoms with van der Waals surface area (Å²) < 4.78 is 0. The summed E-state index contributed by atoms with van der Waals surface area (Å²) in [6.45, 7) is 4.04. The monoisotopic (exact) mass is 301 g/mol. The molecule has 1 aromatic carbocycles. The van der Waals surface area contributed by atoms with Crippen LogP contribution in [0, 0.1) is 5.92 Å². The number of hydrogen-bond donors (Lipinski definition) is 1. The van der Waals surface area contributed by atoms with Crippen LogP contribution in [0.15, 0.2) is 24.3 Å². The molecule has 3 rings (SSSR count). The fourth-order valence-corrected chi connectivity index (χ4v) is 4.16. The van der Waals surface area contributed by atoms with Gasteiger partial charge in [-0.1, -0.05) is 44.9 Å². The number of amides is 1. The second kappa shape index (κ2) is 5.75. The Morgan fingerprint density at radius 3 is 2.45 bits per heavy atom. The van der Waals surface area contributed by atoms with Crippen molar-refractivity contribution in [3.05, 3.63) is 35.4 Å². The fraction of sp³-hybridized carbons (Fsp3) is 0.556. The molecule has 1 N–H and O–H groups in total. The van der Waals surface area contributed by atoms with Crippen LogP contribution in [0.1, 0.15) is 61.4 Å². The van der Waals surface area contributed by atoms with E-state index in [1.165, 1.54) is 0 Å². The SMILES string of the molecule is CC(C)C1C(C(=O)O)c2ccccc2C(=O)N1C1CCCC1. The van der Waals surface area contributed by atoms with Crippen LogP contribution in [0.25, 0.3) is 0 Å². The van der Waals surface area contributed by atoms with E-state index in [1.54, 1.807) is 12.1 Å². The van der Waals surface area contributed by atoms with Crippen molar-refractivity contribution in [2.75, 3.05) is 0 Å². The Morgan fingerprint density at radius 1 is 1.23 bits per heavy atom. The Bertz CT molecular complexity index is 590. The van der Waals surface area contributed by atoms with Crippen molar-refractivity contribution in [3.8, 4) is 0 Å². The average Bonchev–Trinajstić information content (AvgIpc) is 3.00. The van der Waals surface area contributed by atoms with Crippen molar-refractivity contribution in [1.29, 1.82) is 0 Å². The first-order chi connectivity index (χ1) is 10.5. The third kappa shape index (κ3) is 2.31. The molecule has 0 aromatic heterocycles. The topological polar surface area (TPSA) is 57.6 Å². The van der Waals surface area contributed by atoms with Gasteiger partial charge in [-0.05, 0) is 30.4 Å². The van der Waals surface area contributed by atoms with Gasteiger partial charge in [-0.2, -0.15) is 0 Å². The van der Waals surface area contributed by atoms with Crippen molar-refractivity contribution in [1.82, 2.24) is 4.90 Å². The van der Waals surface area contributed by atoms with Crippen LogP contribution in [0.2, 0.25) is 0 Å². The summed E-state index contributed by atoms with van der Waals surface area (Å²) in [4.78, 5) is 26.9. The number of nitrogens with zero attached hydrogens (tertiary/aromatic N) is 1. The maximum atomic E-state index is 13.0. The van der Waals surface area contributed by atoms with Crippen LogP contribution in [-0.2, 0) is 4.79 Å². The zero-order valence-corrected chi connectivity index (χ0v) is 13.2. The van der Waals surface area contributed by atoms with Crippen molar-refractivity contribution in [2.24, 2.45) is 5.92 Å². The molecule has 1 amide bonds. The molecule has 118 valence electrons. The number of carboxylic acids is 1. The summed E-state index contributed by atoms with van der Waals surface area (Å²) >= 11 is 0. The van der Waals surface area contributed by atoms with Crippen molar-refractivity contribution >= 4 is 11.9 Å². The van der Waals surface area contributed by atoms with E-state index in [0.29, 0.717) is 11.1 Å². The van der Waals surface area contributed by atoms with E-state index in [1.807, 2.05) is 30.9 Å². The van der Waals surface area contributed by atoms with Gasteiger partial charge in [-0.25, -0.2) is 0 Å². The molecule has 0 radical (unpaired) electrons. The van der Waals surface area contributed by atoms with E-state index in [0.717, 1.165) is 25.7 Å². The highest BCUT2D eigenvalue weighted by molar-refractivity contribution is 6.00. The van der Waals surface area contributed by atoms with Crippen LogP contribution in [0.3, 0.4) is 0 Å². The normalized spacial score (nSPS) is 25.6. The van der Waals surface area contributed by atoms with E-state index in [2.05, 4.69) is 0 Å². The zero-order chi connectivity index (χ0) is 15.9. The first kappa shape index (κ1) is 15.1. The fourth-order valence-electron chi connectivity index (χ4n) is 4.16. The maximum Gasteiger partial charge on any atom is 0.313 e. The molecule has 4 nitrogen and oxygen atoms in total. The predicted molar refractivity (Wildman–Crippen MR) is 83.9 cm³/mol. The molecule has 1 fully saturated rings. The van der Waals surface area contributed by atoms with E-state index in [9.17, 15) is 14.7 Å². The minimum absolute atomic E-state index is 0.0127. The lowest BCUT2D eigenvalue weighted by molar-refractivity contribution is -0.141. The lowest BCUT2D eigenvalue weighted by Crippen LogP contribution is -2.56. The first-order valence-corrected chi connectivity index (χ1v) is 8.16. The van der Waals surface area contributed by atoms with Gasteiger partial charge in [-0.15, -0.1) is 0 Å². The third-order valence-corrected chi connectivity index (χ3v) is 5.09. The summed E-state index contributed by atoms with van der Waals surface area (Å²) in [5.74, 6) is -1.34. The van der Waals surface area contributed by atoms with Gasteiger partial charge < -0.3 is 10.0 Å². The van der Waals surface area contributed by atoms with E-state index in [4.69, 9.17) is 0 Å². The second-order valence-corrected chi connectivity index (χ2v) is 6.79. The van der Waals surface area contributed by atoms with Gasteiger partial charge in [0.2, 0.25) is 0 Å². The molecule has 1 aromatic rings. The summed E-state index contributed by atoms with van der Waals surface area (Å²) in [7, 11) is 0. The molecule has 2 aliphatic rings. The number of hydrogen-bond acceptors (Lipinski definition) is 2. The smallest absolute Gasteiger partial charge is 0.313 e. The largest absolute Gasteiger partial charge is 0.481 e. The molecule has 1 saturated carbocycles. The van der Waals surface area contributed by atoms with Gasteiger partial charge in [0.15, 0.2) is 0 Å². The van der Waals surface area contributed by atoms with Gasteiger partial charge in [0, 0.05) is 11.6 Å². The van der Waals surface area contributed by atoms with Gasteiger partial charge >= 0.3 is 5.97 Å². The summed E-state index contributed by atoms with van der Waals surface area (Å²) in [5.41, 5.74) is 1.24. The standard InChI is InChI=1S/C18H23NO3/c1-11(2)16-15(18(21)22)13-9-5-6-10-14(13)17(20)19(16)12-7-3-4-8-12/h5-6,9-12,15-16H,3-4,7-8H2,1-2H3,(H,21,22). The maximum absolute atomic E-state index is 13.0. The second-order valence-electron chi connectivity index (χ2n) is 6.79. The van der Waals surface area contributed by atoms with Crippen LogP contribution in [-0.4, -0.2) is 34.0 Å². The van der Waals surface area contributed by atoms with E-state index < -0.39 is 11.9 Å². The van der Waals surface area contributed by atoms with Gasteiger partial charge in [0.05, 0.1) is 6.04 Å². The van der Waals surface area contributed by atoms with Crippen LogP contribution in [0.4, 0.5) is 0 Å². The highest BCUT2D eigenvalue weighted by Gasteiger charge is 2.47. The van der Waals surface area contributed by atoms with Crippen LogP contribution in [0.5, 0.6) is 0 Å². The lowest BCUT2D eigenvalue weighted by atomic mass is 9.77. The molecule has 1 heterocycles. The number of carbonyl (C=O) groups excluding carboxylic acids is 1. The molecule has 1 aliphatic carbocycles. The van der Waals surface area contributed by atoms with Gasteiger partial charge in [0.1, 0.15) is 5.92 Å². The predicted octanol–water partition coefficient (Wildman–Crippen LogP) is 3.28. The Hall–Kier alpha value is -1.84. The minimum atomic E-state index is -0.832. The molecule has 0 saturated heterocycles. The number of aliphatic carboxylic acids is 1. The Kier molecular flexibility index (Phi) is 3.94. The number of carboxylic acid groups (broad SMARTS) is 1. The lowest BCUT2D eigenvalue weighted by Gasteiger charge is -2.45. The molecule has 2 atom stereocenters. The summed E-state index contributed by atoms with van der Waals surface area (Å²) in [6, 6.07) is 7.14. The average molecular weight is 301 g/mol. The molecule has 22 heavy (non-hydrogen) atoms. The summed E-state index contributed by atoms with van der Waals surface area (Å²) in [5, 5.41) is 9.81. The Morgan fingerprint density at radius 2 is 1.86 bits per heavy atom. The first-order valence-electron chi connectivity index (χ1n) is 8.16. The molecular formula is C18H23NO3. The highest BCUT2D eigenvalue weighted by Crippen LogP contribution is 2.40. The molecule has 0 spiro atoms. The summed E-state index contributed by atoms with van der Waals surface area (Å²) in [6.07, 6.45) is 4.23. The van der Waals surface area contributed by atoms with Gasteiger partial charge in [0.25, 0.3) is 5.91 Å². The Labute approximate surface area is 131 Å². The quantitative estimate of drug-likeness (QED) is 0.932. The zero-order valence-electron chi connectivity index (χ0n) is 13.2. The van der Waals surface area contributed by atoms with E-state index in [-0.39, 0.29) is 23.9 Å². The van der Waals surface area contributed by atoms with Gasteiger partial charge in [-0.3, -0.25) is 9.59 Å². The third-order valence-electron chi connectivity index (χ3n) is 5.09. The number of fused-ring (bicyclic) bond motifs is 1. The Balaban J connectivity index is 2.13. The molecule has 2 unspecified atom stereocenters.